The molecule has 1 aromatic rings. The van der Waals surface area contributed by atoms with Crippen LogP contribution < -0.4 is 16.2 Å². The van der Waals surface area contributed by atoms with Crippen molar-refractivity contribution < 1.29 is 9.53 Å². The van der Waals surface area contributed by atoms with Gasteiger partial charge in [0.25, 0.3) is 5.91 Å². The van der Waals surface area contributed by atoms with Crippen LogP contribution in [-0.4, -0.2) is 12.5 Å². The second-order valence-corrected chi connectivity index (χ2v) is 7.04. The summed E-state index contributed by atoms with van der Waals surface area (Å²) in [6.07, 6.45) is 11.8. The molecule has 4 heteroatoms. The first-order valence-electron chi connectivity index (χ1n) is 9.03. The number of aryl methyl sites for hydroxylation is 1. The zero-order valence-electron chi connectivity index (χ0n) is 13.9. The van der Waals surface area contributed by atoms with Gasteiger partial charge in [0.1, 0.15) is 11.3 Å². The zero-order chi connectivity index (χ0) is 16.2. The van der Waals surface area contributed by atoms with E-state index in [1.165, 1.54) is 50.5 Å². The predicted molar refractivity (Wildman–Crippen MR) is 92.7 cm³/mol. The first kappa shape index (κ1) is 16.2. The van der Waals surface area contributed by atoms with Gasteiger partial charge >= 0.3 is 0 Å². The molecule has 3 rings (SSSR count). The largest absolute Gasteiger partial charge is 0.492 e. The summed E-state index contributed by atoms with van der Waals surface area (Å²) in [5.41, 5.74) is 15.2. The predicted octanol–water partition coefficient (Wildman–Crippen LogP) is 3.60. The Kier molecular flexibility index (Phi) is 5.09. The molecule has 1 aromatic carbocycles. The summed E-state index contributed by atoms with van der Waals surface area (Å²) in [7, 11) is 0. The molecular formula is C19H28N2O2. The Morgan fingerprint density at radius 3 is 2.52 bits per heavy atom. The third-order valence-corrected chi connectivity index (χ3v) is 5.35. The Morgan fingerprint density at radius 2 is 1.78 bits per heavy atom. The molecule has 0 heterocycles. The standard InChI is InChI=1S/C19H28N2O2/c20-18-15-10-6-2-5-9-14(15)11-16(17(18)19(21)22)23-12-13-7-3-1-4-8-13/h11,13H,1-10,12,20H2,(H2,21,22). The van der Waals surface area contributed by atoms with E-state index in [-0.39, 0.29) is 0 Å². The van der Waals surface area contributed by atoms with E-state index in [2.05, 4.69) is 0 Å². The summed E-state index contributed by atoms with van der Waals surface area (Å²) in [5, 5.41) is 0. The van der Waals surface area contributed by atoms with Crippen molar-refractivity contribution in [3.63, 3.8) is 0 Å². The second kappa shape index (κ2) is 7.24. The van der Waals surface area contributed by atoms with Crippen LogP contribution in [0.25, 0.3) is 0 Å². The Bertz CT molecular complexity index is 577. The number of nitrogen functional groups attached to an aromatic ring is 1. The number of hydrogen-bond acceptors (Lipinski definition) is 3. The molecule has 1 fully saturated rings. The first-order chi connectivity index (χ1) is 11.2. The summed E-state index contributed by atoms with van der Waals surface area (Å²) in [4.78, 5) is 11.9. The third kappa shape index (κ3) is 3.62. The van der Waals surface area contributed by atoms with Crippen LogP contribution in [0.4, 0.5) is 5.69 Å². The molecule has 4 N–H and O–H groups in total. The van der Waals surface area contributed by atoms with Gasteiger partial charge in [0.15, 0.2) is 0 Å². The number of hydrogen-bond donors (Lipinski definition) is 2. The summed E-state index contributed by atoms with van der Waals surface area (Å²) in [6, 6.07) is 2.03. The molecule has 0 atom stereocenters. The normalized spacial score (nSPS) is 19.0. The summed E-state index contributed by atoms with van der Waals surface area (Å²) in [5.74, 6) is 0.707. The van der Waals surface area contributed by atoms with Crippen molar-refractivity contribution in [2.45, 2.75) is 64.2 Å². The molecule has 4 nitrogen and oxygen atoms in total. The monoisotopic (exact) mass is 316 g/mol. The van der Waals surface area contributed by atoms with Gasteiger partial charge in [-0.25, -0.2) is 0 Å². The number of carbonyl (C=O) groups is 1. The number of benzene rings is 1. The topological polar surface area (TPSA) is 78.3 Å². The minimum atomic E-state index is -0.479. The number of fused-ring (bicyclic) bond motifs is 1. The average Bonchev–Trinajstić information content (AvgIpc) is 2.79. The summed E-state index contributed by atoms with van der Waals surface area (Å²) >= 11 is 0. The highest BCUT2D eigenvalue weighted by atomic mass is 16.5. The van der Waals surface area contributed by atoms with Gasteiger partial charge in [-0.2, -0.15) is 0 Å². The maximum Gasteiger partial charge on any atom is 0.254 e. The maximum absolute atomic E-state index is 11.9. The second-order valence-electron chi connectivity index (χ2n) is 7.04. The first-order valence-corrected chi connectivity index (χ1v) is 9.03. The molecule has 2 aliphatic carbocycles. The van der Waals surface area contributed by atoms with Gasteiger partial charge < -0.3 is 16.2 Å². The quantitative estimate of drug-likeness (QED) is 0.658. The molecule has 23 heavy (non-hydrogen) atoms. The average molecular weight is 316 g/mol. The van der Waals surface area contributed by atoms with Crippen LogP contribution >= 0.6 is 0 Å². The van der Waals surface area contributed by atoms with Crippen molar-refractivity contribution >= 4 is 11.6 Å². The minimum absolute atomic E-state index is 0.390. The van der Waals surface area contributed by atoms with Gasteiger partial charge in [-0.15, -0.1) is 0 Å². The lowest BCUT2D eigenvalue weighted by Crippen LogP contribution is -2.20. The lowest BCUT2D eigenvalue weighted by atomic mass is 9.90. The number of amides is 1. The number of rotatable bonds is 4. The van der Waals surface area contributed by atoms with Crippen LogP contribution in [0.15, 0.2) is 6.07 Å². The van der Waals surface area contributed by atoms with Crippen molar-refractivity contribution in [3.8, 4) is 5.75 Å². The number of anilines is 1. The van der Waals surface area contributed by atoms with E-state index in [0.717, 1.165) is 24.8 Å². The van der Waals surface area contributed by atoms with Crippen LogP contribution in [0.3, 0.4) is 0 Å². The Balaban J connectivity index is 1.86. The zero-order valence-corrected chi connectivity index (χ0v) is 13.9. The van der Waals surface area contributed by atoms with E-state index >= 15 is 0 Å². The lowest BCUT2D eigenvalue weighted by molar-refractivity contribution is 0.0995. The minimum Gasteiger partial charge on any atom is -0.492 e. The van der Waals surface area contributed by atoms with Crippen molar-refractivity contribution in [3.05, 3.63) is 22.8 Å². The van der Waals surface area contributed by atoms with E-state index in [0.29, 0.717) is 29.5 Å². The van der Waals surface area contributed by atoms with E-state index < -0.39 is 5.91 Å². The number of ether oxygens (including phenoxy) is 1. The molecule has 2 aliphatic rings. The van der Waals surface area contributed by atoms with Gasteiger partial charge in [-0.1, -0.05) is 25.7 Å². The summed E-state index contributed by atoms with van der Waals surface area (Å²) < 4.78 is 6.04. The van der Waals surface area contributed by atoms with Gasteiger partial charge in [0.05, 0.1) is 12.3 Å². The molecule has 0 radical (unpaired) electrons. The van der Waals surface area contributed by atoms with Crippen LogP contribution in [0.2, 0.25) is 0 Å². The molecule has 0 bridgehead atoms. The Morgan fingerprint density at radius 1 is 1.09 bits per heavy atom. The van der Waals surface area contributed by atoms with E-state index in [9.17, 15) is 4.79 Å². The van der Waals surface area contributed by atoms with Crippen LogP contribution in [-0.2, 0) is 12.8 Å². The molecule has 0 unspecified atom stereocenters. The fourth-order valence-electron chi connectivity index (χ4n) is 4.02. The molecule has 0 aromatic heterocycles. The molecule has 1 amide bonds. The SMILES string of the molecule is NC(=O)c1c(OCC2CCCCC2)cc2c(c1N)CCCCC2. The fourth-order valence-corrected chi connectivity index (χ4v) is 4.02. The number of nitrogens with two attached hydrogens (primary N) is 2. The smallest absolute Gasteiger partial charge is 0.254 e. The van der Waals surface area contributed by atoms with E-state index in [1.807, 2.05) is 6.07 Å². The van der Waals surface area contributed by atoms with E-state index in [1.54, 1.807) is 0 Å². The third-order valence-electron chi connectivity index (χ3n) is 5.35. The van der Waals surface area contributed by atoms with Crippen molar-refractivity contribution in [1.82, 2.24) is 0 Å². The van der Waals surface area contributed by atoms with Crippen molar-refractivity contribution in [2.24, 2.45) is 11.7 Å². The van der Waals surface area contributed by atoms with Crippen molar-refractivity contribution in [1.29, 1.82) is 0 Å². The number of primary amides is 1. The fraction of sp³-hybridized carbons (Fsp3) is 0.632. The van der Waals surface area contributed by atoms with Gasteiger partial charge in [0, 0.05) is 0 Å². The van der Waals surface area contributed by atoms with Crippen molar-refractivity contribution in [2.75, 3.05) is 12.3 Å². The highest BCUT2D eigenvalue weighted by molar-refractivity contribution is 6.01. The maximum atomic E-state index is 11.9. The van der Waals surface area contributed by atoms with E-state index in [4.69, 9.17) is 16.2 Å². The Hall–Kier alpha value is -1.71. The van der Waals surface area contributed by atoms with Crippen LogP contribution in [0.1, 0.15) is 72.9 Å². The lowest BCUT2D eigenvalue weighted by Gasteiger charge is -2.23. The van der Waals surface area contributed by atoms with Crippen LogP contribution in [0, 0.1) is 5.92 Å². The van der Waals surface area contributed by atoms with Gasteiger partial charge in [-0.3, -0.25) is 4.79 Å². The molecule has 0 spiro atoms. The highest BCUT2D eigenvalue weighted by Gasteiger charge is 2.23. The van der Waals surface area contributed by atoms with Gasteiger partial charge in [0.2, 0.25) is 0 Å². The summed E-state index contributed by atoms with van der Waals surface area (Å²) in [6.45, 7) is 0.665. The van der Waals surface area contributed by atoms with Gasteiger partial charge in [-0.05, 0) is 61.6 Å². The number of carbonyl (C=O) groups excluding carboxylic acids is 1. The Labute approximate surface area is 138 Å². The molecular weight excluding hydrogens is 288 g/mol. The molecule has 0 saturated heterocycles. The molecule has 126 valence electrons. The molecule has 1 saturated carbocycles. The molecule has 0 aliphatic heterocycles. The van der Waals surface area contributed by atoms with Crippen LogP contribution in [0.5, 0.6) is 5.75 Å². The highest BCUT2D eigenvalue weighted by Crippen LogP contribution is 2.35.